The molecule has 6 N–H and O–H groups in total. The molecular formula is C49H56N10O9. The van der Waals surface area contributed by atoms with Gasteiger partial charge in [-0.2, -0.15) is 10.1 Å². The van der Waals surface area contributed by atoms with Gasteiger partial charge in [-0.05, 0) is 85.8 Å². The van der Waals surface area contributed by atoms with Gasteiger partial charge in [0.2, 0.25) is 11.9 Å². The Labute approximate surface area is 393 Å². The Balaban J connectivity index is 0.721. The van der Waals surface area contributed by atoms with Crippen LogP contribution < -0.4 is 40.9 Å². The third-order valence-electron chi connectivity index (χ3n) is 11.8. The predicted octanol–water partition coefficient (Wildman–Crippen LogP) is 6.47. The first-order valence-corrected chi connectivity index (χ1v) is 22.7. The summed E-state index contributed by atoms with van der Waals surface area (Å²) in [5.74, 6) is 1.82. The first-order chi connectivity index (χ1) is 33.0. The van der Waals surface area contributed by atoms with Crippen molar-refractivity contribution < 1.29 is 38.7 Å². The van der Waals surface area contributed by atoms with Crippen LogP contribution in [-0.2, 0) is 14.3 Å². The van der Waals surface area contributed by atoms with Gasteiger partial charge < -0.3 is 54.9 Å². The molecule has 2 aromatic heterocycles. The summed E-state index contributed by atoms with van der Waals surface area (Å²) in [6, 6.07) is 23.0. The van der Waals surface area contributed by atoms with Gasteiger partial charge in [0, 0.05) is 50.4 Å². The fourth-order valence-electron chi connectivity index (χ4n) is 8.15. The lowest BCUT2D eigenvalue weighted by Crippen LogP contribution is -2.41. The van der Waals surface area contributed by atoms with E-state index in [1.54, 1.807) is 49.6 Å². The average Bonchev–Trinajstić information content (AvgIpc) is 3.68. The molecule has 1 saturated heterocycles. The Hall–Kier alpha value is -7.64. The zero-order valence-electron chi connectivity index (χ0n) is 38.5. The number of rotatable bonds is 19. The van der Waals surface area contributed by atoms with Crippen LogP contribution in [0.15, 0.2) is 89.9 Å². The largest absolute Gasteiger partial charge is 0.508 e. The van der Waals surface area contributed by atoms with Crippen LogP contribution in [0.25, 0.3) is 17.1 Å². The molecule has 0 spiro atoms. The molecule has 68 heavy (non-hydrogen) atoms. The van der Waals surface area contributed by atoms with Gasteiger partial charge >= 0.3 is 5.69 Å². The molecule has 1 fully saturated rings. The Kier molecular flexibility index (Phi) is 14.7. The van der Waals surface area contributed by atoms with Gasteiger partial charge in [-0.3, -0.25) is 9.59 Å². The van der Waals surface area contributed by atoms with Gasteiger partial charge in [0.05, 0.1) is 67.4 Å². The molecule has 4 heterocycles. The van der Waals surface area contributed by atoms with Gasteiger partial charge in [-0.1, -0.05) is 26.0 Å². The third-order valence-corrected chi connectivity index (χ3v) is 11.8. The molecular weight excluding hydrogens is 873 g/mol. The van der Waals surface area contributed by atoms with E-state index in [4.69, 9.17) is 23.9 Å². The number of nitrogens with one attached hydrogen (secondary N) is 4. The van der Waals surface area contributed by atoms with Gasteiger partial charge in [-0.25, -0.2) is 19.4 Å². The molecule has 4 aromatic carbocycles. The molecule has 0 unspecified atom stereocenters. The number of H-pyrrole nitrogens is 1. The second kappa shape index (κ2) is 21.3. The van der Waals surface area contributed by atoms with Crippen molar-refractivity contribution in [3.8, 4) is 40.1 Å². The number of piperidine rings is 1. The van der Waals surface area contributed by atoms with Crippen LogP contribution in [0.5, 0.6) is 23.0 Å². The van der Waals surface area contributed by atoms with E-state index >= 15 is 0 Å². The number of carbonyl (C=O) groups excluding carboxylic acids is 2. The molecule has 6 aromatic rings. The van der Waals surface area contributed by atoms with E-state index in [2.05, 4.69) is 36.0 Å². The van der Waals surface area contributed by atoms with E-state index in [0.717, 1.165) is 5.69 Å². The highest BCUT2D eigenvalue weighted by atomic mass is 16.5. The molecule has 0 atom stereocenters. The van der Waals surface area contributed by atoms with E-state index in [0.29, 0.717) is 135 Å². The summed E-state index contributed by atoms with van der Waals surface area (Å²) in [5, 5.41) is 37.0. The van der Waals surface area contributed by atoms with E-state index < -0.39 is 5.69 Å². The lowest BCUT2D eigenvalue weighted by Gasteiger charge is -2.33. The maximum absolute atomic E-state index is 13.1. The van der Waals surface area contributed by atoms with Crippen molar-refractivity contribution >= 4 is 46.3 Å². The highest BCUT2D eigenvalue weighted by molar-refractivity contribution is 6.12. The Morgan fingerprint density at radius 1 is 0.868 bits per heavy atom. The Bertz CT molecular complexity index is 2790. The molecule has 2 aliphatic rings. The number of benzene rings is 4. The average molecular weight is 929 g/mol. The van der Waals surface area contributed by atoms with Gasteiger partial charge in [0.1, 0.15) is 35.3 Å². The highest BCUT2D eigenvalue weighted by Gasteiger charge is 2.28. The zero-order valence-corrected chi connectivity index (χ0v) is 38.5. The standard InChI is InChI=1S/C49H56N10O9/c1-5-67-43-26-33(12-15-39(43)53-48-51-29-40-44(54-48)52-38-9-7-6-8-35(38)47(63)57(40)4)58-19-16-31(17-20-58)46(62)50-18-21-65-22-23-66-24-25-68-34-13-10-32(11-14-34)59-45(55-56-49(59)64)37-27-36(30(2)3)41(60)28-42(37)61/h6-15,26-31,60-61H,5,16-25H2,1-4H3,(H,50,62)(H,56,64)(H2,51,52,53,54). The molecule has 8 rings (SSSR count). The first-order valence-electron chi connectivity index (χ1n) is 22.7. The van der Waals surface area contributed by atoms with Crippen LogP contribution in [-0.4, -0.2) is 113 Å². The second-order valence-electron chi connectivity index (χ2n) is 16.6. The summed E-state index contributed by atoms with van der Waals surface area (Å²) in [5.41, 5.74) is 4.44. The first kappa shape index (κ1) is 46.9. The molecule has 0 aliphatic carbocycles. The van der Waals surface area contributed by atoms with Crippen LogP contribution in [0.4, 0.5) is 34.5 Å². The molecule has 19 heteroatoms. The fraction of sp³-hybridized carbons (Fsp3) is 0.347. The predicted molar refractivity (Wildman–Crippen MR) is 258 cm³/mol. The molecule has 19 nitrogen and oxygen atoms in total. The third kappa shape index (κ3) is 10.6. The molecule has 0 bridgehead atoms. The lowest BCUT2D eigenvalue weighted by molar-refractivity contribution is -0.125. The van der Waals surface area contributed by atoms with Gasteiger partial charge in [0.15, 0.2) is 11.6 Å². The monoisotopic (exact) mass is 928 g/mol. The molecule has 2 amide bonds. The minimum Gasteiger partial charge on any atom is -0.508 e. The van der Waals surface area contributed by atoms with Crippen molar-refractivity contribution in [2.24, 2.45) is 5.92 Å². The number of ether oxygens (including phenoxy) is 4. The quantitative estimate of drug-likeness (QED) is 0.0478. The van der Waals surface area contributed by atoms with Crippen molar-refractivity contribution in [3.63, 3.8) is 0 Å². The number of amides is 2. The molecule has 2 aliphatic heterocycles. The highest BCUT2D eigenvalue weighted by Crippen LogP contribution is 2.39. The number of aromatic amines is 1. The summed E-state index contributed by atoms with van der Waals surface area (Å²) < 4.78 is 24.5. The minimum absolute atomic E-state index is 0.0174. The smallest absolute Gasteiger partial charge is 0.348 e. The Morgan fingerprint density at radius 3 is 2.37 bits per heavy atom. The topological polar surface area (TPSA) is 231 Å². The SMILES string of the molecule is CCOc1cc(N2CCC(C(=O)NCCOCCOCCOc3ccc(-n4c(-c5cc(C(C)C)c(O)cc5O)n[nH]c4=O)cc3)CC2)ccc1Nc1ncc2c(n1)Nc1ccccc1C(=O)N2C. The normalized spacial score (nSPS) is 13.7. The van der Waals surface area contributed by atoms with E-state index in [9.17, 15) is 24.6 Å². The van der Waals surface area contributed by atoms with Gasteiger partial charge in [-0.15, -0.1) is 0 Å². The Morgan fingerprint density at radius 2 is 1.60 bits per heavy atom. The maximum Gasteiger partial charge on any atom is 0.348 e. The van der Waals surface area contributed by atoms with Crippen LogP contribution in [0.1, 0.15) is 55.5 Å². The van der Waals surface area contributed by atoms with Crippen molar-refractivity contribution in [2.45, 2.75) is 39.5 Å². The number of carbonyl (C=O) groups is 2. The molecule has 0 saturated carbocycles. The summed E-state index contributed by atoms with van der Waals surface area (Å²) in [4.78, 5) is 51.8. The number of aromatic nitrogens is 5. The number of hydrogen-bond donors (Lipinski definition) is 6. The van der Waals surface area contributed by atoms with Crippen molar-refractivity contribution in [3.05, 3.63) is 107 Å². The summed E-state index contributed by atoms with van der Waals surface area (Å²) in [7, 11) is 1.70. The van der Waals surface area contributed by atoms with E-state index in [1.807, 2.05) is 57.2 Å². The summed E-state index contributed by atoms with van der Waals surface area (Å²) in [6.07, 6.45) is 3.04. The number of anilines is 6. The molecule has 356 valence electrons. The van der Waals surface area contributed by atoms with Crippen LogP contribution in [0, 0.1) is 5.92 Å². The number of hydrogen-bond acceptors (Lipinski definition) is 15. The number of phenols is 2. The van der Waals surface area contributed by atoms with E-state index in [-0.39, 0.29) is 41.0 Å². The summed E-state index contributed by atoms with van der Waals surface area (Å²) >= 11 is 0. The number of fused-ring (bicyclic) bond motifs is 2. The number of nitrogens with zero attached hydrogens (tertiary/aromatic N) is 6. The molecule has 0 radical (unpaired) electrons. The maximum atomic E-state index is 13.1. The zero-order chi connectivity index (χ0) is 47.7. The van der Waals surface area contributed by atoms with Crippen molar-refractivity contribution in [1.82, 2.24) is 30.0 Å². The van der Waals surface area contributed by atoms with Crippen LogP contribution in [0.3, 0.4) is 0 Å². The number of aromatic hydroxyl groups is 2. The summed E-state index contributed by atoms with van der Waals surface area (Å²) in [6.45, 7) is 9.77. The van der Waals surface area contributed by atoms with Crippen molar-refractivity contribution in [2.75, 3.05) is 86.8 Å². The van der Waals surface area contributed by atoms with Crippen LogP contribution in [0.2, 0.25) is 0 Å². The second-order valence-corrected chi connectivity index (χ2v) is 16.6. The lowest BCUT2D eigenvalue weighted by atomic mass is 9.95. The van der Waals surface area contributed by atoms with Gasteiger partial charge in [0.25, 0.3) is 5.91 Å². The number of para-hydroxylation sites is 1. The number of phenolic OH excluding ortho intramolecular Hbond substituents is 2. The minimum atomic E-state index is -0.482. The van der Waals surface area contributed by atoms with E-state index in [1.165, 1.54) is 15.5 Å². The van der Waals surface area contributed by atoms with Crippen LogP contribution >= 0.6 is 0 Å². The van der Waals surface area contributed by atoms with Crippen molar-refractivity contribution in [1.29, 1.82) is 0 Å². The fourth-order valence-corrected chi connectivity index (χ4v) is 8.15.